The smallest absolute Gasteiger partial charge is 0.233 e. The zero-order valence-corrected chi connectivity index (χ0v) is 15.8. The molecule has 25 heavy (non-hydrogen) atoms. The fraction of sp³-hybridized carbons (Fsp3) is 0.706. The van der Waals surface area contributed by atoms with Crippen LogP contribution in [0.5, 0.6) is 0 Å². The van der Waals surface area contributed by atoms with Crippen LogP contribution in [0.4, 0.5) is 0 Å². The molecular formula is C17H28N6OS. The molecule has 0 spiro atoms. The Labute approximate surface area is 153 Å². The zero-order chi connectivity index (χ0) is 17.6. The molecule has 0 aliphatic carbocycles. The largest absolute Gasteiger partial charge is 0.339 e. The van der Waals surface area contributed by atoms with Crippen LogP contribution >= 0.6 is 11.8 Å². The van der Waals surface area contributed by atoms with Gasteiger partial charge in [-0.2, -0.15) is 0 Å². The Morgan fingerprint density at radius 3 is 2.68 bits per heavy atom. The topological polar surface area (TPSA) is 66.3 Å². The minimum Gasteiger partial charge on any atom is -0.339 e. The highest BCUT2D eigenvalue weighted by molar-refractivity contribution is 7.99. The molecule has 2 fully saturated rings. The second-order valence-corrected chi connectivity index (χ2v) is 7.68. The van der Waals surface area contributed by atoms with Gasteiger partial charge in [0.05, 0.1) is 5.75 Å². The zero-order valence-electron chi connectivity index (χ0n) is 15.0. The second kappa shape index (κ2) is 8.82. The van der Waals surface area contributed by atoms with Crippen molar-refractivity contribution in [3.05, 3.63) is 18.5 Å². The van der Waals surface area contributed by atoms with E-state index in [0.717, 1.165) is 63.1 Å². The molecule has 2 aliphatic heterocycles. The number of hydrogen-bond acceptors (Lipinski definition) is 6. The summed E-state index contributed by atoms with van der Waals surface area (Å²) in [6.45, 7) is 10.1. The summed E-state index contributed by atoms with van der Waals surface area (Å²) in [5.41, 5.74) is 0. The number of carbonyl (C=O) groups excluding carboxylic acids is 1. The predicted octanol–water partition coefficient (Wildman–Crippen LogP) is 0.797. The molecular weight excluding hydrogens is 336 g/mol. The van der Waals surface area contributed by atoms with E-state index in [2.05, 4.69) is 38.6 Å². The summed E-state index contributed by atoms with van der Waals surface area (Å²) in [7, 11) is 2.09. The average Bonchev–Trinajstić information content (AvgIpc) is 3.04. The molecule has 2 saturated heterocycles. The number of thioether (sulfide) groups is 1. The first-order valence-electron chi connectivity index (χ1n) is 9.03. The van der Waals surface area contributed by atoms with Gasteiger partial charge in [0, 0.05) is 38.6 Å². The third kappa shape index (κ3) is 4.62. The van der Waals surface area contributed by atoms with Crippen molar-refractivity contribution < 1.29 is 4.79 Å². The fourth-order valence-electron chi connectivity index (χ4n) is 3.36. The van der Waals surface area contributed by atoms with Gasteiger partial charge in [0.2, 0.25) is 5.91 Å². The second-order valence-electron chi connectivity index (χ2n) is 6.74. The quantitative estimate of drug-likeness (QED) is 0.595. The van der Waals surface area contributed by atoms with Crippen molar-refractivity contribution in [2.24, 2.45) is 0 Å². The van der Waals surface area contributed by atoms with Gasteiger partial charge in [0.1, 0.15) is 5.82 Å². The summed E-state index contributed by atoms with van der Waals surface area (Å²) in [5.74, 6) is 2.09. The van der Waals surface area contributed by atoms with E-state index < -0.39 is 0 Å². The normalized spacial score (nSPS) is 20.0. The van der Waals surface area contributed by atoms with Crippen LogP contribution in [0, 0.1) is 0 Å². The Kier molecular flexibility index (Phi) is 6.50. The van der Waals surface area contributed by atoms with Gasteiger partial charge in [-0.15, -0.1) is 16.8 Å². The van der Waals surface area contributed by atoms with E-state index in [1.54, 1.807) is 0 Å². The lowest BCUT2D eigenvalue weighted by Crippen LogP contribution is -2.47. The van der Waals surface area contributed by atoms with E-state index in [4.69, 9.17) is 0 Å². The minimum absolute atomic E-state index is 0.190. The van der Waals surface area contributed by atoms with Gasteiger partial charge >= 0.3 is 0 Å². The van der Waals surface area contributed by atoms with Crippen LogP contribution in [0.1, 0.15) is 24.6 Å². The molecule has 0 atom stereocenters. The lowest BCUT2D eigenvalue weighted by Gasteiger charge is -2.32. The van der Waals surface area contributed by atoms with E-state index in [9.17, 15) is 4.79 Å². The van der Waals surface area contributed by atoms with Crippen LogP contribution in [0.25, 0.3) is 0 Å². The highest BCUT2D eigenvalue weighted by Gasteiger charge is 2.24. The van der Waals surface area contributed by atoms with E-state index in [-0.39, 0.29) is 5.91 Å². The van der Waals surface area contributed by atoms with Crippen molar-refractivity contribution in [3.63, 3.8) is 0 Å². The maximum atomic E-state index is 12.5. The lowest BCUT2D eigenvalue weighted by atomic mass is 9.97. The third-order valence-corrected chi connectivity index (χ3v) is 5.89. The molecule has 0 unspecified atom stereocenters. The van der Waals surface area contributed by atoms with Crippen LogP contribution < -0.4 is 5.32 Å². The summed E-state index contributed by atoms with van der Waals surface area (Å²) in [4.78, 5) is 16.7. The van der Waals surface area contributed by atoms with Crippen LogP contribution in [0.15, 0.2) is 17.8 Å². The molecule has 1 N–H and O–H groups in total. The number of nitrogens with one attached hydrogen (secondary N) is 1. The van der Waals surface area contributed by atoms with Crippen molar-refractivity contribution >= 4 is 17.7 Å². The number of rotatable bonds is 6. The number of nitrogens with zero attached hydrogens (tertiary/aromatic N) is 5. The van der Waals surface area contributed by atoms with Crippen LogP contribution in [-0.2, 0) is 11.3 Å². The van der Waals surface area contributed by atoms with Gasteiger partial charge in [0.15, 0.2) is 5.16 Å². The molecule has 3 heterocycles. The van der Waals surface area contributed by atoms with E-state index in [1.807, 2.05) is 11.0 Å². The Balaban J connectivity index is 1.62. The van der Waals surface area contributed by atoms with Crippen molar-refractivity contribution in [1.29, 1.82) is 0 Å². The molecule has 0 bridgehead atoms. The Morgan fingerprint density at radius 2 is 2.00 bits per heavy atom. The van der Waals surface area contributed by atoms with Gasteiger partial charge in [-0.05, 0) is 33.0 Å². The fourth-order valence-corrected chi connectivity index (χ4v) is 4.22. The van der Waals surface area contributed by atoms with Gasteiger partial charge < -0.3 is 19.7 Å². The Bertz CT molecular complexity index is 590. The molecule has 1 amide bonds. The van der Waals surface area contributed by atoms with Crippen LogP contribution in [0.3, 0.4) is 0 Å². The first-order chi connectivity index (χ1) is 12.2. The lowest BCUT2D eigenvalue weighted by molar-refractivity contribution is -0.129. The van der Waals surface area contributed by atoms with Gasteiger partial charge in [0.25, 0.3) is 0 Å². The average molecular weight is 365 g/mol. The van der Waals surface area contributed by atoms with Crippen LogP contribution in [0.2, 0.25) is 0 Å². The summed E-state index contributed by atoms with van der Waals surface area (Å²) in [6, 6.07) is 0. The number of likely N-dealkylation sites (N-methyl/N-ethyl adjacent to an activating group) is 1. The van der Waals surface area contributed by atoms with Gasteiger partial charge in [-0.3, -0.25) is 4.79 Å². The van der Waals surface area contributed by atoms with E-state index >= 15 is 0 Å². The molecule has 1 aromatic heterocycles. The number of aromatic nitrogens is 3. The van der Waals surface area contributed by atoms with Crippen molar-refractivity contribution in [3.8, 4) is 0 Å². The maximum Gasteiger partial charge on any atom is 0.233 e. The Hall–Kier alpha value is -1.38. The minimum atomic E-state index is 0.190. The predicted molar refractivity (Wildman–Crippen MR) is 99.9 cm³/mol. The van der Waals surface area contributed by atoms with E-state index in [0.29, 0.717) is 18.2 Å². The highest BCUT2D eigenvalue weighted by Crippen LogP contribution is 2.27. The molecule has 7 nitrogen and oxygen atoms in total. The molecule has 138 valence electrons. The first-order valence-corrected chi connectivity index (χ1v) is 10.0. The molecule has 3 rings (SSSR count). The number of piperazine rings is 1. The van der Waals surface area contributed by atoms with Crippen molar-refractivity contribution in [2.45, 2.75) is 30.5 Å². The molecule has 0 radical (unpaired) electrons. The van der Waals surface area contributed by atoms with Crippen LogP contribution in [-0.4, -0.2) is 82.5 Å². The summed E-state index contributed by atoms with van der Waals surface area (Å²) < 4.78 is 2.13. The summed E-state index contributed by atoms with van der Waals surface area (Å²) in [6.07, 6.45) is 4.04. The summed E-state index contributed by atoms with van der Waals surface area (Å²) in [5, 5.41) is 13.0. The monoisotopic (exact) mass is 364 g/mol. The third-order valence-electron chi connectivity index (χ3n) is 4.94. The number of carbonyl (C=O) groups is 1. The molecule has 8 heteroatoms. The first kappa shape index (κ1) is 18.4. The van der Waals surface area contributed by atoms with Gasteiger partial charge in [-0.1, -0.05) is 17.8 Å². The molecule has 1 aromatic rings. The van der Waals surface area contributed by atoms with Crippen molar-refractivity contribution in [1.82, 2.24) is 29.9 Å². The number of piperidine rings is 1. The molecule has 0 saturated carbocycles. The Morgan fingerprint density at radius 1 is 1.28 bits per heavy atom. The maximum absolute atomic E-state index is 12.5. The molecule has 0 aromatic carbocycles. The highest BCUT2D eigenvalue weighted by atomic mass is 32.2. The number of allylic oxidation sites excluding steroid dienone is 1. The number of amides is 1. The number of hydrogen-bond donors (Lipinski definition) is 1. The van der Waals surface area contributed by atoms with E-state index in [1.165, 1.54) is 11.8 Å². The summed E-state index contributed by atoms with van der Waals surface area (Å²) >= 11 is 1.50. The molecule has 2 aliphatic rings. The van der Waals surface area contributed by atoms with Crippen molar-refractivity contribution in [2.75, 3.05) is 52.1 Å². The standard InChI is InChI=1S/C17H28N6OS/c1-3-8-23-16(14-4-6-18-7-5-14)19-20-17(23)25-13-15(24)22-11-9-21(2)10-12-22/h3,14,18H,1,4-13H2,2H3. The van der Waals surface area contributed by atoms with Gasteiger partial charge in [-0.25, -0.2) is 0 Å². The SMILES string of the molecule is C=CCn1c(SCC(=O)N2CCN(C)CC2)nnc1C1CCNCC1.